The Balaban J connectivity index is 2.32. The van der Waals surface area contributed by atoms with Crippen LogP contribution in [0, 0.1) is 0 Å². The molecule has 2 rings (SSSR count). The van der Waals surface area contributed by atoms with E-state index in [0.717, 1.165) is 0 Å². The molecule has 0 spiro atoms. The molecule has 8 heteroatoms. The fourth-order valence-electron chi connectivity index (χ4n) is 2.09. The monoisotopic (exact) mass is 329 g/mol. The maximum atomic E-state index is 12.1. The Morgan fingerprint density at radius 1 is 1.22 bits per heavy atom. The van der Waals surface area contributed by atoms with Gasteiger partial charge in [-0.2, -0.15) is 13.2 Å². The first-order valence-corrected chi connectivity index (χ1v) is 6.56. The molecule has 0 atom stereocenters. The minimum absolute atomic E-state index is 0.322. The van der Waals surface area contributed by atoms with Crippen LogP contribution in [0.3, 0.4) is 0 Å². The van der Waals surface area contributed by atoms with Crippen LogP contribution < -0.4 is 9.47 Å². The van der Waals surface area contributed by atoms with E-state index in [1.807, 2.05) is 0 Å². The van der Waals surface area contributed by atoms with E-state index in [0.29, 0.717) is 28.0 Å². The molecule has 0 saturated heterocycles. The first-order valence-electron chi connectivity index (χ1n) is 6.56. The highest BCUT2D eigenvalue weighted by molar-refractivity contribution is 5.92. The lowest BCUT2D eigenvalue weighted by Gasteiger charge is -2.12. The van der Waals surface area contributed by atoms with Gasteiger partial charge in [0.05, 0.1) is 26.2 Å². The molecule has 0 aliphatic heterocycles. The summed E-state index contributed by atoms with van der Waals surface area (Å²) in [7, 11) is 2.92. The van der Waals surface area contributed by atoms with Crippen molar-refractivity contribution in [2.24, 2.45) is 0 Å². The fraction of sp³-hybridized carbons (Fsp3) is 0.333. The Morgan fingerprint density at radius 3 is 2.57 bits per heavy atom. The lowest BCUT2D eigenvalue weighted by atomic mass is 10.1. The number of fused-ring (bicyclic) bond motifs is 1. The van der Waals surface area contributed by atoms with Crippen LogP contribution in [0.25, 0.3) is 10.9 Å². The van der Waals surface area contributed by atoms with Crippen molar-refractivity contribution in [1.82, 2.24) is 4.98 Å². The summed E-state index contributed by atoms with van der Waals surface area (Å²) < 4.78 is 50.9. The summed E-state index contributed by atoms with van der Waals surface area (Å²) in [5.41, 5.74) is 0.962. The van der Waals surface area contributed by atoms with Gasteiger partial charge in [-0.15, -0.1) is 0 Å². The topological polar surface area (TPSA) is 57.7 Å². The second-order valence-corrected chi connectivity index (χ2v) is 4.65. The van der Waals surface area contributed by atoms with Gasteiger partial charge in [0.2, 0.25) is 0 Å². The van der Waals surface area contributed by atoms with Gasteiger partial charge in [-0.3, -0.25) is 9.78 Å². The number of alkyl halides is 3. The Morgan fingerprint density at radius 2 is 1.96 bits per heavy atom. The molecule has 5 nitrogen and oxygen atoms in total. The van der Waals surface area contributed by atoms with Gasteiger partial charge >= 0.3 is 12.1 Å². The van der Waals surface area contributed by atoms with E-state index in [4.69, 9.17) is 9.47 Å². The average molecular weight is 329 g/mol. The number of methoxy groups -OCH3 is 2. The van der Waals surface area contributed by atoms with Crippen molar-refractivity contribution in [3.63, 3.8) is 0 Å². The third-order valence-corrected chi connectivity index (χ3v) is 3.05. The number of aromatic nitrogens is 1. The van der Waals surface area contributed by atoms with Crippen LogP contribution in [0.1, 0.15) is 5.56 Å². The predicted molar refractivity (Wildman–Crippen MR) is 75.6 cm³/mol. The summed E-state index contributed by atoms with van der Waals surface area (Å²) in [6.45, 7) is -1.61. The molecule has 0 radical (unpaired) electrons. The van der Waals surface area contributed by atoms with Gasteiger partial charge in [0.25, 0.3) is 0 Å². The van der Waals surface area contributed by atoms with Crippen molar-refractivity contribution in [3.8, 4) is 11.5 Å². The van der Waals surface area contributed by atoms with Crippen LogP contribution in [-0.2, 0) is 16.0 Å². The molecule has 1 aromatic carbocycles. The van der Waals surface area contributed by atoms with E-state index in [9.17, 15) is 18.0 Å². The zero-order chi connectivity index (χ0) is 17.0. The lowest BCUT2D eigenvalue weighted by Crippen LogP contribution is -2.21. The molecule has 0 aliphatic rings. The number of pyridine rings is 1. The summed E-state index contributed by atoms with van der Waals surface area (Å²) in [5.74, 6) is -0.0579. The van der Waals surface area contributed by atoms with E-state index in [1.54, 1.807) is 12.1 Å². The van der Waals surface area contributed by atoms with Crippen molar-refractivity contribution in [3.05, 3.63) is 30.0 Å². The van der Waals surface area contributed by atoms with Crippen LogP contribution >= 0.6 is 0 Å². The molecule has 23 heavy (non-hydrogen) atoms. The minimum Gasteiger partial charge on any atom is -0.497 e. The van der Waals surface area contributed by atoms with Gasteiger partial charge in [0, 0.05) is 23.7 Å². The van der Waals surface area contributed by atoms with E-state index in [2.05, 4.69) is 9.72 Å². The van der Waals surface area contributed by atoms with Crippen LogP contribution in [-0.4, -0.2) is 38.0 Å². The summed E-state index contributed by atoms with van der Waals surface area (Å²) in [5, 5.41) is 0.528. The van der Waals surface area contributed by atoms with E-state index < -0.39 is 18.8 Å². The SMILES string of the molecule is COc1cc(OC)c2c(CC(=O)OCC(F)(F)F)ccnc2c1. The molecule has 124 valence electrons. The number of hydrogen-bond donors (Lipinski definition) is 0. The molecule has 2 aromatic rings. The molecule has 1 aromatic heterocycles. The van der Waals surface area contributed by atoms with Crippen molar-refractivity contribution >= 4 is 16.9 Å². The van der Waals surface area contributed by atoms with E-state index in [1.165, 1.54) is 26.5 Å². The van der Waals surface area contributed by atoms with Crippen LogP contribution in [0.5, 0.6) is 11.5 Å². The number of nitrogens with zero attached hydrogens (tertiary/aromatic N) is 1. The molecule has 0 bridgehead atoms. The van der Waals surface area contributed by atoms with E-state index >= 15 is 0 Å². The quantitative estimate of drug-likeness (QED) is 0.790. The number of carbonyl (C=O) groups is 1. The summed E-state index contributed by atoms with van der Waals surface area (Å²) >= 11 is 0. The highest BCUT2D eigenvalue weighted by atomic mass is 19.4. The average Bonchev–Trinajstić information content (AvgIpc) is 2.51. The number of benzene rings is 1. The van der Waals surface area contributed by atoms with Crippen molar-refractivity contribution in [2.45, 2.75) is 12.6 Å². The molecular formula is C15H14F3NO4. The maximum Gasteiger partial charge on any atom is 0.422 e. The normalized spacial score (nSPS) is 11.3. The second-order valence-electron chi connectivity index (χ2n) is 4.65. The van der Waals surface area contributed by atoms with Crippen molar-refractivity contribution in [2.75, 3.05) is 20.8 Å². The van der Waals surface area contributed by atoms with Gasteiger partial charge in [0.15, 0.2) is 6.61 Å². The Labute approximate surface area is 130 Å². The summed E-state index contributed by atoms with van der Waals surface area (Å²) in [6, 6.07) is 4.78. The standard InChI is InChI=1S/C15H14F3NO4/c1-21-10-6-11-14(12(7-10)22-2)9(3-4-19-11)5-13(20)23-8-15(16,17)18/h3-4,6-7H,5,8H2,1-2H3. The van der Waals surface area contributed by atoms with Gasteiger partial charge in [0.1, 0.15) is 11.5 Å². The lowest BCUT2D eigenvalue weighted by molar-refractivity contribution is -0.185. The maximum absolute atomic E-state index is 12.1. The number of hydrogen-bond acceptors (Lipinski definition) is 5. The number of halogens is 3. The molecule has 0 unspecified atom stereocenters. The zero-order valence-corrected chi connectivity index (χ0v) is 12.4. The Hall–Kier alpha value is -2.51. The second kappa shape index (κ2) is 6.72. The molecule has 0 N–H and O–H groups in total. The van der Waals surface area contributed by atoms with E-state index in [-0.39, 0.29) is 6.42 Å². The largest absolute Gasteiger partial charge is 0.497 e. The zero-order valence-electron chi connectivity index (χ0n) is 12.4. The number of rotatable bonds is 5. The molecular weight excluding hydrogens is 315 g/mol. The highest BCUT2D eigenvalue weighted by Gasteiger charge is 2.29. The Bertz CT molecular complexity index is 716. The number of ether oxygens (including phenoxy) is 3. The third-order valence-electron chi connectivity index (χ3n) is 3.05. The van der Waals surface area contributed by atoms with Crippen LogP contribution in [0.15, 0.2) is 24.4 Å². The highest BCUT2D eigenvalue weighted by Crippen LogP contribution is 2.32. The molecule has 0 amide bonds. The molecule has 0 aliphatic carbocycles. The van der Waals surface area contributed by atoms with Gasteiger partial charge < -0.3 is 14.2 Å². The minimum atomic E-state index is -4.55. The number of esters is 1. The van der Waals surface area contributed by atoms with Crippen LogP contribution in [0.4, 0.5) is 13.2 Å². The molecule has 0 fully saturated rings. The first kappa shape index (κ1) is 16.9. The smallest absolute Gasteiger partial charge is 0.422 e. The van der Waals surface area contributed by atoms with Crippen molar-refractivity contribution < 1.29 is 32.2 Å². The van der Waals surface area contributed by atoms with Crippen molar-refractivity contribution in [1.29, 1.82) is 0 Å². The number of carbonyl (C=O) groups excluding carboxylic acids is 1. The molecule has 1 heterocycles. The fourth-order valence-corrected chi connectivity index (χ4v) is 2.09. The van der Waals surface area contributed by atoms with Gasteiger partial charge in [-0.25, -0.2) is 0 Å². The predicted octanol–water partition coefficient (Wildman–Crippen LogP) is 2.90. The third kappa shape index (κ3) is 4.24. The summed E-state index contributed by atoms with van der Waals surface area (Å²) in [6.07, 6.45) is -3.42. The van der Waals surface area contributed by atoms with Gasteiger partial charge in [-0.1, -0.05) is 0 Å². The molecule has 0 saturated carbocycles. The Kier molecular flexibility index (Phi) is 4.92. The van der Waals surface area contributed by atoms with Gasteiger partial charge in [-0.05, 0) is 11.6 Å². The summed E-state index contributed by atoms with van der Waals surface area (Å²) in [4.78, 5) is 15.8. The first-order chi connectivity index (χ1) is 10.8. The van der Waals surface area contributed by atoms with Crippen LogP contribution in [0.2, 0.25) is 0 Å².